The number of benzene rings is 1. The Morgan fingerprint density at radius 2 is 2.03 bits per heavy atom. The molecule has 1 aliphatic carbocycles. The first-order valence-corrected chi connectivity index (χ1v) is 11.2. The third-order valence-corrected chi connectivity index (χ3v) is 6.65. The monoisotopic (exact) mass is 413 g/mol. The lowest BCUT2D eigenvalue weighted by molar-refractivity contribution is 0.0937. The van der Waals surface area contributed by atoms with E-state index < -0.39 is 0 Å². The van der Waals surface area contributed by atoms with Crippen LogP contribution in [0.4, 0.5) is 5.69 Å². The van der Waals surface area contributed by atoms with Gasteiger partial charge in [0.15, 0.2) is 0 Å². The van der Waals surface area contributed by atoms with Crippen molar-refractivity contribution in [3.05, 3.63) is 39.8 Å². The Labute approximate surface area is 174 Å². The van der Waals surface area contributed by atoms with E-state index in [1.54, 1.807) is 24.3 Å². The van der Waals surface area contributed by atoms with Crippen molar-refractivity contribution in [2.24, 2.45) is 0 Å². The quantitative estimate of drug-likeness (QED) is 0.727. The van der Waals surface area contributed by atoms with E-state index in [1.165, 1.54) is 30.6 Å². The average molecular weight is 414 g/mol. The van der Waals surface area contributed by atoms with Crippen LogP contribution in [0.5, 0.6) is 0 Å². The van der Waals surface area contributed by atoms with E-state index in [0.717, 1.165) is 30.9 Å². The van der Waals surface area contributed by atoms with Crippen LogP contribution < -0.4 is 10.6 Å². The predicted octanol–water partition coefficient (Wildman–Crippen LogP) is 3.27. The van der Waals surface area contributed by atoms with E-state index in [9.17, 15) is 9.59 Å². The SMILES string of the molecule is CC1CCCCN1CCNC(=O)c1cccc(NC(=O)c2nnc(C3CC3)s2)c1. The average Bonchev–Trinajstić information content (AvgIpc) is 3.46. The van der Waals surface area contributed by atoms with Crippen LogP contribution in [-0.2, 0) is 0 Å². The Kier molecular flexibility index (Phi) is 6.20. The number of nitrogens with zero attached hydrogens (tertiary/aromatic N) is 3. The topological polar surface area (TPSA) is 87.2 Å². The molecule has 1 saturated heterocycles. The molecule has 2 N–H and O–H groups in total. The number of piperidine rings is 1. The third-order valence-electron chi connectivity index (χ3n) is 5.57. The van der Waals surface area contributed by atoms with E-state index in [1.807, 2.05) is 0 Å². The number of amides is 2. The maximum absolute atomic E-state index is 12.5. The van der Waals surface area contributed by atoms with Crippen LogP contribution in [0.25, 0.3) is 0 Å². The summed E-state index contributed by atoms with van der Waals surface area (Å²) >= 11 is 1.35. The summed E-state index contributed by atoms with van der Waals surface area (Å²) < 4.78 is 0. The van der Waals surface area contributed by atoms with Gasteiger partial charge in [-0.25, -0.2) is 0 Å². The molecule has 4 rings (SSSR count). The number of nitrogens with one attached hydrogen (secondary N) is 2. The largest absolute Gasteiger partial charge is 0.351 e. The molecule has 1 aliphatic heterocycles. The molecule has 1 aromatic heterocycles. The zero-order chi connectivity index (χ0) is 20.2. The highest BCUT2D eigenvalue weighted by atomic mass is 32.1. The van der Waals surface area contributed by atoms with Gasteiger partial charge in [0, 0.05) is 36.3 Å². The number of hydrogen-bond acceptors (Lipinski definition) is 6. The molecule has 1 aromatic carbocycles. The lowest BCUT2D eigenvalue weighted by Crippen LogP contribution is -2.42. The zero-order valence-corrected chi connectivity index (χ0v) is 17.5. The van der Waals surface area contributed by atoms with E-state index >= 15 is 0 Å². The molecule has 2 aliphatic rings. The Bertz CT molecular complexity index is 879. The summed E-state index contributed by atoms with van der Waals surface area (Å²) in [5.74, 6) is 0.0674. The molecule has 8 heteroatoms. The number of rotatable bonds is 7. The lowest BCUT2D eigenvalue weighted by atomic mass is 10.0. The second-order valence-electron chi connectivity index (χ2n) is 7.89. The van der Waals surface area contributed by atoms with Crippen molar-refractivity contribution in [3.8, 4) is 0 Å². The van der Waals surface area contributed by atoms with Crippen molar-refractivity contribution in [1.82, 2.24) is 20.4 Å². The van der Waals surface area contributed by atoms with E-state index in [4.69, 9.17) is 0 Å². The van der Waals surface area contributed by atoms with Gasteiger partial charge in [-0.1, -0.05) is 23.8 Å². The number of likely N-dealkylation sites (tertiary alicyclic amines) is 1. The Morgan fingerprint density at radius 3 is 2.83 bits per heavy atom. The van der Waals surface area contributed by atoms with E-state index in [-0.39, 0.29) is 11.8 Å². The van der Waals surface area contributed by atoms with Gasteiger partial charge in [0.05, 0.1) is 0 Å². The fourth-order valence-corrected chi connectivity index (χ4v) is 4.56. The summed E-state index contributed by atoms with van der Waals surface area (Å²) in [4.78, 5) is 27.3. The van der Waals surface area contributed by atoms with Crippen LogP contribution in [0.2, 0.25) is 0 Å². The van der Waals surface area contributed by atoms with Gasteiger partial charge in [-0.05, 0) is 57.4 Å². The van der Waals surface area contributed by atoms with Gasteiger partial charge >= 0.3 is 0 Å². The number of anilines is 1. The van der Waals surface area contributed by atoms with Crippen LogP contribution in [0.3, 0.4) is 0 Å². The van der Waals surface area contributed by atoms with Gasteiger partial charge in [-0.2, -0.15) is 0 Å². The Hall–Kier alpha value is -2.32. The number of aromatic nitrogens is 2. The van der Waals surface area contributed by atoms with E-state index in [0.29, 0.717) is 34.8 Å². The summed E-state index contributed by atoms with van der Waals surface area (Å²) in [5, 5.41) is 15.2. The summed E-state index contributed by atoms with van der Waals surface area (Å²) in [6.45, 7) is 4.84. The molecule has 0 bridgehead atoms. The summed E-state index contributed by atoms with van der Waals surface area (Å²) in [5.41, 5.74) is 1.11. The van der Waals surface area contributed by atoms with Crippen molar-refractivity contribution in [1.29, 1.82) is 0 Å². The molecule has 2 aromatic rings. The standard InChI is InChI=1S/C21H27N5O2S/c1-14-5-2-3-11-26(14)12-10-22-18(27)16-6-4-7-17(13-16)23-19(28)21-25-24-20(29-21)15-8-9-15/h4,6-7,13-15H,2-3,5,8-12H2,1H3,(H,22,27)(H,23,28). The smallest absolute Gasteiger partial charge is 0.286 e. The Morgan fingerprint density at radius 1 is 1.17 bits per heavy atom. The van der Waals surface area contributed by atoms with Crippen LogP contribution in [-0.4, -0.2) is 52.6 Å². The van der Waals surface area contributed by atoms with Crippen LogP contribution in [0.15, 0.2) is 24.3 Å². The molecule has 2 heterocycles. The molecule has 0 radical (unpaired) electrons. The molecule has 1 unspecified atom stereocenters. The first kappa shape index (κ1) is 20.0. The molecule has 1 atom stereocenters. The van der Waals surface area contributed by atoms with Crippen LogP contribution in [0, 0.1) is 0 Å². The third kappa shape index (κ3) is 5.19. The summed E-state index contributed by atoms with van der Waals surface area (Å²) in [6, 6.07) is 7.57. The fourth-order valence-electron chi connectivity index (χ4n) is 3.65. The maximum atomic E-state index is 12.5. The minimum atomic E-state index is -0.286. The highest BCUT2D eigenvalue weighted by Gasteiger charge is 2.28. The maximum Gasteiger partial charge on any atom is 0.286 e. The van der Waals surface area contributed by atoms with E-state index in [2.05, 4.69) is 32.7 Å². The number of hydrogen-bond donors (Lipinski definition) is 2. The minimum absolute atomic E-state index is 0.127. The van der Waals surface area contributed by atoms with Gasteiger partial charge < -0.3 is 10.6 Å². The van der Waals surface area contributed by atoms with Crippen molar-refractivity contribution in [2.45, 2.75) is 51.0 Å². The zero-order valence-electron chi connectivity index (χ0n) is 16.7. The van der Waals surface area contributed by atoms with Crippen LogP contribution in [0.1, 0.15) is 70.1 Å². The van der Waals surface area contributed by atoms with Gasteiger partial charge in [-0.15, -0.1) is 10.2 Å². The van der Waals surface area contributed by atoms with Crippen molar-refractivity contribution in [2.75, 3.05) is 25.0 Å². The lowest BCUT2D eigenvalue weighted by Gasteiger charge is -2.33. The Balaban J connectivity index is 1.30. The second kappa shape index (κ2) is 9.00. The van der Waals surface area contributed by atoms with Gasteiger partial charge in [0.2, 0.25) is 5.01 Å². The molecular formula is C21H27N5O2S. The van der Waals surface area contributed by atoms with Gasteiger partial charge in [0.25, 0.3) is 11.8 Å². The molecule has 0 spiro atoms. The molecule has 29 heavy (non-hydrogen) atoms. The molecule has 2 fully saturated rings. The van der Waals surface area contributed by atoms with Gasteiger partial charge in [0.1, 0.15) is 5.01 Å². The second-order valence-corrected chi connectivity index (χ2v) is 8.90. The molecule has 7 nitrogen and oxygen atoms in total. The van der Waals surface area contributed by atoms with Crippen molar-refractivity contribution >= 4 is 28.8 Å². The number of carbonyl (C=O) groups excluding carboxylic acids is 2. The minimum Gasteiger partial charge on any atom is -0.351 e. The molecular weight excluding hydrogens is 386 g/mol. The van der Waals surface area contributed by atoms with Gasteiger partial charge in [-0.3, -0.25) is 14.5 Å². The first-order valence-electron chi connectivity index (χ1n) is 10.4. The highest BCUT2D eigenvalue weighted by molar-refractivity contribution is 7.13. The first-order chi connectivity index (χ1) is 14.1. The van der Waals surface area contributed by atoms with Crippen LogP contribution >= 0.6 is 11.3 Å². The fraction of sp³-hybridized carbons (Fsp3) is 0.524. The van der Waals surface area contributed by atoms with Crippen molar-refractivity contribution < 1.29 is 9.59 Å². The summed E-state index contributed by atoms with van der Waals surface area (Å²) in [6.07, 6.45) is 6.01. The normalized spacial score (nSPS) is 19.7. The van der Waals surface area contributed by atoms with Crippen molar-refractivity contribution in [3.63, 3.8) is 0 Å². The number of carbonyl (C=O) groups is 2. The molecule has 1 saturated carbocycles. The molecule has 154 valence electrons. The predicted molar refractivity (Wildman–Crippen MR) is 113 cm³/mol. The molecule has 2 amide bonds. The summed E-state index contributed by atoms with van der Waals surface area (Å²) in [7, 11) is 0. The highest BCUT2D eigenvalue weighted by Crippen LogP contribution is 2.41.